The summed E-state index contributed by atoms with van der Waals surface area (Å²) in [6, 6.07) is 5.56. The van der Waals surface area contributed by atoms with E-state index in [0.29, 0.717) is 5.75 Å². The van der Waals surface area contributed by atoms with E-state index in [1.54, 1.807) is 14.0 Å². The summed E-state index contributed by atoms with van der Waals surface area (Å²) in [6.45, 7) is 3.74. The summed E-state index contributed by atoms with van der Waals surface area (Å²) in [5, 5.41) is 9.61. The topological polar surface area (TPSA) is 41.9 Å². The van der Waals surface area contributed by atoms with Crippen molar-refractivity contribution in [2.45, 2.75) is 25.6 Å². The molecule has 0 spiro atoms. The van der Waals surface area contributed by atoms with Gasteiger partial charge in [-0.2, -0.15) is 0 Å². The lowest BCUT2D eigenvalue weighted by molar-refractivity contribution is 0.189. The van der Waals surface area contributed by atoms with Crippen LogP contribution in [0.1, 0.15) is 25.0 Å². The Hall–Kier alpha value is -1.26. The summed E-state index contributed by atoms with van der Waals surface area (Å²) in [5.41, 5.74) is 0.845. The van der Waals surface area contributed by atoms with Crippen molar-refractivity contribution < 1.29 is 14.6 Å². The van der Waals surface area contributed by atoms with Crippen LogP contribution in [0.4, 0.5) is 0 Å². The second-order valence-corrected chi connectivity index (χ2v) is 4.88. The van der Waals surface area contributed by atoms with Crippen LogP contribution in [0.2, 0.25) is 0 Å². The predicted octanol–water partition coefficient (Wildman–Crippen LogP) is 1.83. The van der Waals surface area contributed by atoms with Gasteiger partial charge in [0.05, 0.1) is 13.2 Å². The first-order chi connectivity index (χ1) is 8.60. The van der Waals surface area contributed by atoms with E-state index in [9.17, 15) is 5.11 Å². The molecule has 0 aliphatic carbocycles. The van der Waals surface area contributed by atoms with Crippen molar-refractivity contribution >= 4 is 0 Å². The zero-order valence-electron chi connectivity index (χ0n) is 11.2. The predicted molar refractivity (Wildman–Crippen MR) is 70.2 cm³/mol. The molecule has 0 aromatic heterocycles. The maximum Gasteiger partial charge on any atom is 0.162 e. The molecule has 2 atom stereocenters. The van der Waals surface area contributed by atoms with Crippen molar-refractivity contribution in [3.05, 3.63) is 23.8 Å². The average molecular weight is 251 g/mol. The second-order valence-electron chi connectivity index (χ2n) is 4.88. The molecule has 1 saturated heterocycles. The monoisotopic (exact) mass is 251 g/mol. The molecule has 2 rings (SSSR count). The summed E-state index contributed by atoms with van der Waals surface area (Å²) < 4.78 is 11.3. The van der Waals surface area contributed by atoms with E-state index in [2.05, 4.69) is 11.9 Å². The molecule has 100 valence electrons. The van der Waals surface area contributed by atoms with Crippen molar-refractivity contribution in [3.63, 3.8) is 0 Å². The van der Waals surface area contributed by atoms with E-state index in [0.717, 1.165) is 30.8 Å². The first kappa shape index (κ1) is 13.2. The first-order valence-electron chi connectivity index (χ1n) is 6.31. The van der Waals surface area contributed by atoms with E-state index < -0.39 is 6.10 Å². The summed E-state index contributed by atoms with van der Waals surface area (Å²) >= 11 is 0. The van der Waals surface area contributed by atoms with Gasteiger partial charge >= 0.3 is 0 Å². The standard InChI is InChI=1S/C14H21NO3/c1-10(16)11-4-5-13(17-3)14(8-11)18-12-6-7-15(2)9-12/h4-5,8,10,12,16H,6-7,9H2,1-3H3. The molecule has 1 aliphatic rings. The number of aliphatic hydroxyl groups is 1. The van der Waals surface area contributed by atoms with E-state index in [1.807, 2.05) is 18.2 Å². The van der Waals surface area contributed by atoms with Crippen molar-refractivity contribution in [2.24, 2.45) is 0 Å². The van der Waals surface area contributed by atoms with Gasteiger partial charge < -0.3 is 19.5 Å². The van der Waals surface area contributed by atoms with E-state index >= 15 is 0 Å². The molecule has 4 nitrogen and oxygen atoms in total. The van der Waals surface area contributed by atoms with Crippen LogP contribution in [-0.4, -0.2) is 43.4 Å². The number of likely N-dealkylation sites (tertiary alicyclic amines) is 1. The van der Waals surface area contributed by atoms with Gasteiger partial charge in [-0.05, 0) is 38.1 Å². The average Bonchev–Trinajstić information content (AvgIpc) is 2.74. The third-order valence-corrected chi connectivity index (χ3v) is 3.31. The molecule has 1 aromatic carbocycles. The lowest BCUT2D eigenvalue weighted by Crippen LogP contribution is -2.21. The Balaban J connectivity index is 2.16. The number of aliphatic hydroxyl groups excluding tert-OH is 1. The van der Waals surface area contributed by atoms with Crippen LogP contribution in [0.5, 0.6) is 11.5 Å². The Labute approximate surface area is 108 Å². The van der Waals surface area contributed by atoms with Crippen molar-refractivity contribution in [1.82, 2.24) is 4.90 Å². The Bertz CT molecular complexity index is 406. The molecule has 0 radical (unpaired) electrons. The van der Waals surface area contributed by atoms with Gasteiger partial charge in [0, 0.05) is 13.1 Å². The minimum absolute atomic E-state index is 0.202. The number of ether oxygens (including phenoxy) is 2. The molecule has 1 fully saturated rings. The lowest BCUT2D eigenvalue weighted by Gasteiger charge is -2.17. The summed E-state index contributed by atoms with van der Waals surface area (Å²) in [6.07, 6.45) is 0.733. The quantitative estimate of drug-likeness (QED) is 0.886. The minimum atomic E-state index is -0.496. The van der Waals surface area contributed by atoms with Gasteiger partial charge in [-0.25, -0.2) is 0 Å². The van der Waals surface area contributed by atoms with Gasteiger partial charge in [0.1, 0.15) is 6.10 Å². The molecule has 1 aliphatic heterocycles. The Morgan fingerprint density at radius 3 is 2.72 bits per heavy atom. The number of likely N-dealkylation sites (N-methyl/N-ethyl adjacent to an activating group) is 1. The van der Waals surface area contributed by atoms with Crippen LogP contribution in [-0.2, 0) is 0 Å². The van der Waals surface area contributed by atoms with Crippen LogP contribution in [0.25, 0.3) is 0 Å². The SMILES string of the molecule is COc1ccc(C(C)O)cc1OC1CCN(C)C1. The van der Waals surface area contributed by atoms with Crippen LogP contribution < -0.4 is 9.47 Å². The Morgan fingerprint density at radius 1 is 1.39 bits per heavy atom. The fourth-order valence-corrected chi connectivity index (χ4v) is 2.22. The largest absolute Gasteiger partial charge is 0.493 e. The normalized spacial score (nSPS) is 21.9. The molecule has 0 saturated carbocycles. The van der Waals surface area contributed by atoms with Gasteiger partial charge in [-0.15, -0.1) is 0 Å². The van der Waals surface area contributed by atoms with Gasteiger partial charge in [0.25, 0.3) is 0 Å². The number of methoxy groups -OCH3 is 1. The summed E-state index contributed by atoms with van der Waals surface area (Å²) in [7, 11) is 3.72. The number of nitrogens with zero attached hydrogens (tertiary/aromatic N) is 1. The van der Waals surface area contributed by atoms with E-state index in [1.165, 1.54) is 0 Å². The van der Waals surface area contributed by atoms with Crippen molar-refractivity contribution in [3.8, 4) is 11.5 Å². The molecule has 1 heterocycles. The van der Waals surface area contributed by atoms with Gasteiger partial charge in [0.15, 0.2) is 11.5 Å². The third kappa shape index (κ3) is 2.94. The van der Waals surface area contributed by atoms with Crippen LogP contribution in [0.3, 0.4) is 0 Å². The van der Waals surface area contributed by atoms with Crippen LogP contribution in [0.15, 0.2) is 18.2 Å². The van der Waals surface area contributed by atoms with Crippen molar-refractivity contribution in [2.75, 3.05) is 27.2 Å². The lowest BCUT2D eigenvalue weighted by atomic mass is 10.1. The molecule has 1 N–H and O–H groups in total. The summed E-state index contributed by atoms with van der Waals surface area (Å²) in [4.78, 5) is 2.25. The Morgan fingerprint density at radius 2 is 2.17 bits per heavy atom. The maximum atomic E-state index is 9.61. The summed E-state index contributed by atoms with van der Waals surface area (Å²) in [5.74, 6) is 1.44. The van der Waals surface area contributed by atoms with E-state index in [4.69, 9.17) is 9.47 Å². The van der Waals surface area contributed by atoms with Crippen molar-refractivity contribution in [1.29, 1.82) is 0 Å². The second kappa shape index (κ2) is 5.59. The molecule has 0 bridgehead atoms. The Kier molecular flexibility index (Phi) is 4.09. The highest BCUT2D eigenvalue weighted by Crippen LogP contribution is 2.32. The number of benzene rings is 1. The van der Waals surface area contributed by atoms with Crippen LogP contribution >= 0.6 is 0 Å². The first-order valence-corrected chi connectivity index (χ1v) is 6.31. The van der Waals surface area contributed by atoms with Gasteiger partial charge in [-0.1, -0.05) is 6.07 Å². The molecule has 18 heavy (non-hydrogen) atoms. The molecule has 4 heteroatoms. The highest BCUT2D eigenvalue weighted by molar-refractivity contribution is 5.43. The molecule has 1 aromatic rings. The molecular weight excluding hydrogens is 230 g/mol. The number of hydrogen-bond donors (Lipinski definition) is 1. The zero-order chi connectivity index (χ0) is 13.1. The zero-order valence-corrected chi connectivity index (χ0v) is 11.2. The molecular formula is C14H21NO3. The number of hydrogen-bond acceptors (Lipinski definition) is 4. The minimum Gasteiger partial charge on any atom is -0.493 e. The maximum absolute atomic E-state index is 9.61. The van der Waals surface area contributed by atoms with E-state index in [-0.39, 0.29) is 6.10 Å². The molecule has 0 amide bonds. The highest BCUT2D eigenvalue weighted by Gasteiger charge is 2.22. The van der Waals surface area contributed by atoms with Gasteiger partial charge in [-0.3, -0.25) is 0 Å². The smallest absolute Gasteiger partial charge is 0.162 e. The van der Waals surface area contributed by atoms with Crippen LogP contribution in [0, 0.1) is 0 Å². The number of rotatable bonds is 4. The fourth-order valence-electron chi connectivity index (χ4n) is 2.22. The third-order valence-electron chi connectivity index (χ3n) is 3.31. The van der Waals surface area contributed by atoms with Gasteiger partial charge in [0.2, 0.25) is 0 Å². The highest BCUT2D eigenvalue weighted by atomic mass is 16.5. The molecule has 2 unspecified atom stereocenters. The fraction of sp³-hybridized carbons (Fsp3) is 0.571.